The van der Waals surface area contributed by atoms with Gasteiger partial charge in [0.05, 0.1) is 6.54 Å². The Labute approximate surface area is 90.7 Å². The summed E-state index contributed by atoms with van der Waals surface area (Å²) >= 11 is 0. The van der Waals surface area contributed by atoms with Gasteiger partial charge in [-0.2, -0.15) is 0 Å². The Morgan fingerprint density at radius 3 is 2.47 bits per heavy atom. The van der Waals surface area contributed by atoms with E-state index in [1.54, 1.807) is 0 Å². The van der Waals surface area contributed by atoms with Gasteiger partial charge in [-0.05, 0) is 25.8 Å². The molecule has 0 fully saturated rings. The molecule has 1 rings (SSSR count). The van der Waals surface area contributed by atoms with Crippen molar-refractivity contribution in [2.24, 2.45) is 5.73 Å². The Morgan fingerprint density at radius 1 is 1.33 bits per heavy atom. The van der Waals surface area contributed by atoms with Crippen LogP contribution in [0, 0.1) is 0 Å². The number of hydrogen-bond acceptors (Lipinski definition) is 2. The van der Waals surface area contributed by atoms with Crippen LogP contribution in [0.2, 0.25) is 0 Å². The maximum absolute atomic E-state index is 10.7. The van der Waals surface area contributed by atoms with Crippen molar-refractivity contribution < 1.29 is 4.79 Å². The molecule has 3 N–H and O–H groups in total. The van der Waals surface area contributed by atoms with Crippen LogP contribution in [0.25, 0.3) is 0 Å². The fourth-order valence-electron chi connectivity index (χ4n) is 1.50. The van der Waals surface area contributed by atoms with Crippen LogP contribution < -0.4 is 11.1 Å². The van der Waals surface area contributed by atoms with Crippen LogP contribution in [0.3, 0.4) is 0 Å². The second-order valence-electron chi connectivity index (χ2n) is 4.37. The molecule has 0 saturated carbocycles. The lowest BCUT2D eigenvalue weighted by molar-refractivity contribution is -0.117. The second-order valence-corrected chi connectivity index (χ2v) is 4.37. The average molecular weight is 206 g/mol. The Bertz CT molecular complexity index is 320. The number of benzene rings is 1. The largest absolute Gasteiger partial charge is 0.369 e. The Balaban J connectivity index is 2.52. The standard InChI is InChI=1S/C12H18N2O/c1-12(2,14-9-11(13)15)8-10-6-4-3-5-7-10/h3-7,14H,8-9H2,1-2H3,(H2,13,15). The molecule has 0 radical (unpaired) electrons. The number of hydrogen-bond donors (Lipinski definition) is 2. The normalized spacial score (nSPS) is 11.3. The van der Waals surface area contributed by atoms with Crippen molar-refractivity contribution in [2.45, 2.75) is 25.8 Å². The molecule has 0 aliphatic heterocycles. The first-order valence-corrected chi connectivity index (χ1v) is 5.07. The first-order chi connectivity index (χ1) is 6.99. The molecule has 15 heavy (non-hydrogen) atoms. The lowest BCUT2D eigenvalue weighted by atomic mass is 9.95. The topological polar surface area (TPSA) is 55.1 Å². The first-order valence-electron chi connectivity index (χ1n) is 5.07. The Morgan fingerprint density at radius 2 is 1.93 bits per heavy atom. The Hall–Kier alpha value is -1.35. The lowest BCUT2D eigenvalue weighted by Gasteiger charge is -2.25. The number of carbonyl (C=O) groups excluding carboxylic acids is 1. The van der Waals surface area contributed by atoms with E-state index in [1.165, 1.54) is 5.56 Å². The van der Waals surface area contributed by atoms with E-state index in [1.807, 2.05) is 18.2 Å². The van der Waals surface area contributed by atoms with Crippen molar-refractivity contribution in [3.05, 3.63) is 35.9 Å². The quantitative estimate of drug-likeness (QED) is 0.757. The predicted molar refractivity (Wildman–Crippen MR) is 61.4 cm³/mol. The van der Waals surface area contributed by atoms with E-state index in [9.17, 15) is 4.79 Å². The van der Waals surface area contributed by atoms with Gasteiger partial charge in [0.15, 0.2) is 0 Å². The molecule has 0 saturated heterocycles. The molecular weight excluding hydrogens is 188 g/mol. The van der Waals surface area contributed by atoms with Gasteiger partial charge in [0.2, 0.25) is 5.91 Å². The molecule has 0 heterocycles. The number of nitrogens with two attached hydrogens (primary N) is 1. The summed E-state index contributed by atoms with van der Waals surface area (Å²) in [4.78, 5) is 10.7. The molecule has 1 aromatic rings. The smallest absolute Gasteiger partial charge is 0.231 e. The van der Waals surface area contributed by atoms with E-state index in [-0.39, 0.29) is 18.0 Å². The van der Waals surface area contributed by atoms with Crippen molar-refractivity contribution in [3.8, 4) is 0 Å². The molecular formula is C12H18N2O. The lowest BCUT2D eigenvalue weighted by Crippen LogP contribution is -2.45. The van der Waals surface area contributed by atoms with E-state index < -0.39 is 0 Å². The molecule has 0 spiro atoms. The van der Waals surface area contributed by atoms with Crippen LogP contribution in [0.1, 0.15) is 19.4 Å². The summed E-state index contributed by atoms with van der Waals surface area (Å²) in [5, 5.41) is 3.13. The molecule has 0 aliphatic rings. The van der Waals surface area contributed by atoms with E-state index >= 15 is 0 Å². The third kappa shape index (κ3) is 4.61. The number of amides is 1. The number of rotatable bonds is 5. The minimum absolute atomic E-state index is 0.115. The third-order valence-corrected chi connectivity index (χ3v) is 2.23. The van der Waals surface area contributed by atoms with Gasteiger partial charge in [0.25, 0.3) is 0 Å². The van der Waals surface area contributed by atoms with Gasteiger partial charge < -0.3 is 11.1 Å². The SMILES string of the molecule is CC(C)(Cc1ccccc1)NCC(N)=O. The summed E-state index contributed by atoms with van der Waals surface area (Å²) in [6.07, 6.45) is 0.876. The molecule has 0 unspecified atom stereocenters. The fourth-order valence-corrected chi connectivity index (χ4v) is 1.50. The zero-order chi connectivity index (χ0) is 11.3. The van der Waals surface area contributed by atoms with Crippen molar-refractivity contribution >= 4 is 5.91 Å². The number of carbonyl (C=O) groups is 1. The van der Waals surface area contributed by atoms with E-state index in [4.69, 9.17) is 5.73 Å². The molecule has 0 aliphatic carbocycles. The number of primary amides is 1. The van der Waals surface area contributed by atoms with Crippen molar-refractivity contribution in [1.82, 2.24) is 5.32 Å². The van der Waals surface area contributed by atoms with E-state index in [0.29, 0.717) is 0 Å². The van der Waals surface area contributed by atoms with Crippen LogP contribution in [0.15, 0.2) is 30.3 Å². The highest BCUT2D eigenvalue weighted by molar-refractivity contribution is 5.75. The van der Waals surface area contributed by atoms with Crippen molar-refractivity contribution in [1.29, 1.82) is 0 Å². The average Bonchev–Trinajstić information content (AvgIpc) is 2.16. The highest BCUT2D eigenvalue weighted by Crippen LogP contribution is 2.11. The van der Waals surface area contributed by atoms with Crippen LogP contribution in [-0.2, 0) is 11.2 Å². The minimum Gasteiger partial charge on any atom is -0.369 e. The predicted octanol–water partition coefficient (Wildman–Crippen LogP) is 1.08. The fraction of sp³-hybridized carbons (Fsp3) is 0.417. The maximum atomic E-state index is 10.7. The summed E-state index contributed by atoms with van der Waals surface area (Å²) in [5.74, 6) is -0.323. The molecule has 0 atom stereocenters. The van der Waals surface area contributed by atoms with Crippen LogP contribution in [0.5, 0.6) is 0 Å². The highest BCUT2D eigenvalue weighted by Gasteiger charge is 2.17. The van der Waals surface area contributed by atoms with Crippen molar-refractivity contribution in [3.63, 3.8) is 0 Å². The zero-order valence-electron chi connectivity index (χ0n) is 9.29. The minimum atomic E-state index is -0.323. The summed E-state index contributed by atoms with van der Waals surface area (Å²) in [6.45, 7) is 4.34. The van der Waals surface area contributed by atoms with Crippen LogP contribution >= 0.6 is 0 Å². The summed E-state index contributed by atoms with van der Waals surface area (Å²) < 4.78 is 0. The van der Waals surface area contributed by atoms with Crippen molar-refractivity contribution in [2.75, 3.05) is 6.54 Å². The van der Waals surface area contributed by atoms with E-state index in [0.717, 1.165) is 6.42 Å². The summed E-state index contributed by atoms with van der Waals surface area (Å²) in [6, 6.07) is 10.2. The monoisotopic (exact) mass is 206 g/mol. The summed E-state index contributed by atoms with van der Waals surface area (Å²) in [5.41, 5.74) is 6.23. The second kappa shape index (κ2) is 4.94. The zero-order valence-corrected chi connectivity index (χ0v) is 9.29. The molecule has 1 amide bonds. The highest BCUT2D eigenvalue weighted by atomic mass is 16.1. The molecule has 3 heteroatoms. The van der Waals surface area contributed by atoms with Gasteiger partial charge in [0, 0.05) is 5.54 Å². The Kier molecular flexibility index (Phi) is 3.86. The number of nitrogens with one attached hydrogen (secondary N) is 1. The van der Waals surface area contributed by atoms with Gasteiger partial charge in [-0.1, -0.05) is 30.3 Å². The van der Waals surface area contributed by atoms with Crippen LogP contribution in [-0.4, -0.2) is 18.0 Å². The van der Waals surface area contributed by atoms with Gasteiger partial charge in [-0.3, -0.25) is 4.79 Å². The van der Waals surface area contributed by atoms with Gasteiger partial charge >= 0.3 is 0 Å². The van der Waals surface area contributed by atoms with Crippen LogP contribution in [0.4, 0.5) is 0 Å². The molecule has 3 nitrogen and oxygen atoms in total. The van der Waals surface area contributed by atoms with E-state index in [2.05, 4.69) is 31.3 Å². The molecule has 1 aromatic carbocycles. The third-order valence-electron chi connectivity index (χ3n) is 2.23. The van der Waals surface area contributed by atoms with Gasteiger partial charge in [-0.25, -0.2) is 0 Å². The molecule has 0 bridgehead atoms. The summed E-state index contributed by atoms with van der Waals surface area (Å²) in [7, 11) is 0. The molecule has 82 valence electrons. The maximum Gasteiger partial charge on any atom is 0.231 e. The first kappa shape index (κ1) is 11.7. The van der Waals surface area contributed by atoms with Gasteiger partial charge in [-0.15, -0.1) is 0 Å². The van der Waals surface area contributed by atoms with Gasteiger partial charge in [0.1, 0.15) is 0 Å². The molecule has 0 aromatic heterocycles.